The van der Waals surface area contributed by atoms with E-state index in [1.54, 1.807) is 0 Å². The van der Waals surface area contributed by atoms with Crippen LogP contribution in [0.2, 0.25) is 5.02 Å². The lowest BCUT2D eigenvalue weighted by Crippen LogP contribution is -2.22. The molecule has 1 aromatic carbocycles. The molecule has 0 bridgehead atoms. The molecule has 0 spiro atoms. The molecule has 18 heavy (non-hydrogen) atoms. The minimum absolute atomic E-state index is 0.652. The van der Waals surface area contributed by atoms with Gasteiger partial charge in [0.1, 0.15) is 0 Å². The summed E-state index contributed by atoms with van der Waals surface area (Å²) in [7, 11) is 2.11. The monoisotopic (exact) mass is 268 g/mol. The third-order valence-corrected chi connectivity index (χ3v) is 3.21. The van der Waals surface area contributed by atoms with Crippen molar-refractivity contribution in [1.82, 2.24) is 5.32 Å². The molecule has 0 fully saturated rings. The van der Waals surface area contributed by atoms with E-state index in [0.29, 0.717) is 5.92 Å². The van der Waals surface area contributed by atoms with Crippen LogP contribution in [0.25, 0.3) is 0 Å². The second-order valence-electron chi connectivity index (χ2n) is 5.23. The normalized spacial score (nSPS) is 11.0. The molecule has 2 nitrogen and oxygen atoms in total. The predicted molar refractivity (Wildman–Crippen MR) is 81.6 cm³/mol. The fraction of sp³-hybridized carbons (Fsp3) is 0.600. The molecule has 0 saturated heterocycles. The SMILES string of the molecule is CCCNCc1ccc(N(C)CC(C)C)cc1Cl. The van der Waals surface area contributed by atoms with Crippen LogP contribution in [0.4, 0.5) is 5.69 Å². The Morgan fingerprint density at radius 1 is 1.33 bits per heavy atom. The summed E-state index contributed by atoms with van der Waals surface area (Å²) in [5.41, 5.74) is 2.36. The number of nitrogens with one attached hydrogen (secondary N) is 1. The molecule has 0 aromatic heterocycles. The highest BCUT2D eigenvalue weighted by Crippen LogP contribution is 2.23. The summed E-state index contributed by atoms with van der Waals surface area (Å²) in [6, 6.07) is 6.33. The molecule has 0 aliphatic carbocycles. The Hall–Kier alpha value is -0.730. The van der Waals surface area contributed by atoms with Gasteiger partial charge in [-0.25, -0.2) is 0 Å². The molecule has 0 aliphatic heterocycles. The molecule has 0 unspecified atom stereocenters. The smallest absolute Gasteiger partial charge is 0.0471 e. The van der Waals surface area contributed by atoms with Crippen molar-refractivity contribution in [1.29, 1.82) is 0 Å². The van der Waals surface area contributed by atoms with Crippen LogP contribution in [-0.4, -0.2) is 20.1 Å². The minimum Gasteiger partial charge on any atom is -0.374 e. The third-order valence-electron chi connectivity index (χ3n) is 2.86. The zero-order valence-corrected chi connectivity index (χ0v) is 12.7. The van der Waals surface area contributed by atoms with E-state index in [-0.39, 0.29) is 0 Å². The Labute approximate surface area is 116 Å². The fourth-order valence-corrected chi connectivity index (χ4v) is 2.21. The lowest BCUT2D eigenvalue weighted by molar-refractivity contribution is 0.638. The highest BCUT2D eigenvalue weighted by atomic mass is 35.5. The highest BCUT2D eigenvalue weighted by molar-refractivity contribution is 6.31. The summed E-state index contributed by atoms with van der Waals surface area (Å²) >= 11 is 6.32. The van der Waals surface area contributed by atoms with Crippen LogP contribution in [-0.2, 0) is 6.54 Å². The van der Waals surface area contributed by atoms with Gasteiger partial charge in [0.2, 0.25) is 0 Å². The van der Waals surface area contributed by atoms with Gasteiger partial charge in [-0.05, 0) is 36.6 Å². The van der Waals surface area contributed by atoms with Crippen LogP contribution in [0.5, 0.6) is 0 Å². The van der Waals surface area contributed by atoms with Crippen LogP contribution < -0.4 is 10.2 Å². The number of benzene rings is 1. The van der Waals surface area contributed by atoms with Crippen molar-refractivity contribution >= 4 is 17.3 Å². The Bertz CT molecular complexity index is 364. The zero-order valence-electron chi connectivity index (χ0n) is 12.0. The van der Waals surface area contributed by atoms with E-state index in [2.05, 4.69) is 56.2 Å². The molecular formula is C15H25ClN2. The quantitative estimate of drug-likeness (QED) is 0.754. The van der Waals surface area contributed by atoms with E-state index >= 15 is 0 Å². The fourth-order valence-electron chi connectivity index (χ4n) is 1.97. The molecule has 1 aromatic rings. The summed E-state index contributed by atoms with van der Waals surface area (Å²) in [6.45, 7) is 9.54. The number of rotatable bonds is 7. The maximum Gasteiger partial charge on any atom is 0.0471 e. The van der Waals surface area contributed by atoms with E-state index in [4.69, 9.17) is 11.6 Å². The van der Waals surface area contributed by atoms with E-state index in [1.165, 1.54) is 11.3 Å². The second-order valence-corrected chi connectivity index (χ2v) is 5.63. The highest BCUT2D eigenvalue weighted by Gasteiger charge is 2.06. The molecule has 102 valence electrons. The van der Waals surface area contributed by atoms with Crippen LogP contribution in [0.1, 0.15) is 32.8 Å². The average molecular weight is 269 g/mol. The predicted octanol–water partition coefficient (Wildman–Crippen LogP) is 3.93. The largest absolute Gasteiger partial charge is 0.374 e. The van der Waals surface area contributed by atoms with E-state index < -0.39 is 0 Å². The van der Waals surface area contributed by atoms with Gasteiger partial charge < -0.3 is 10.2 Å². The van der Waals surface area contributed by atoms with E-state index in [1.807, 2.05) is 0 Å². The molecule has 0 radical (unpaired) electrons. The van der Waals surface area contributed by atoms with Gasteiger partial charge in [0, 0.05) is 30.8 Å². The molecule has 3 heteroatoms. The van der Waals surface area contributed by atoms with Crippen LogP contribution in [0, 0.1) is 5.92 Å². The van der Waals surface area contributed by atoms with Crippen molar-refractivity contribution in [2.75, 3.05) is 25.0 Å². The summed E-state index contributed by atoms with van der Waals surface area (Å²) < 4.78 is 0. The Morgan fingerprint density at radius 2 is 2.06 bits per heavy atom. The molecule has 0 atom stereocenters. The average Bonchev–Trinajstić information content (AvgIpc) is 2.30. The lowest BCUT2D eigenvalue weighted by Gasteiger charge is -2.22. The van der Waals surface area contributed by atoms with Crippen molar-refractivity contribution < 1.29 is 0 Å². The minimum atomic E-state index is 0.652. The van der Waals surface area contributed by atoms with Crippen molar-refractivity contribution in [3.05, 3.63) is 28.8 Å². The second kappa shape index (κ2) is 7.65. The van der Waals surface area contributed by atoms with Gasteiger partial charge in [0.25, 0.3) is 0 Å². The maximum atomic E-state index is 6.32. The number of hydrogen-bond donors (Lipinski definition) is 1. The van der Waals surface area contributed by atoms with Crippen molar-refractivity contribution in [3.8, 4) is 0 Å². The Balaban J connectivity index is 2.66. The van der Waals surface area contributed by atoms with Crippen molar-refractivity contribution in [2.45, 2.75) is 33.7 Å². The molecule has 1 N–H and O–H groups in total. The van der Waals surface area contributed by atoms with Gasteiger partial charge in [-0.1, -0.05) is 38.4 Å². The van der Waals surface area contributed by atoms with Crippen molar-refractivity contribution in [2.24, 2.45) is 5.92 Å². The van der Waals surface area contributed by atoms with Crippen LogP contribution in [0.3, 0.4) is 0 Å². The summed E-state index contributed by atoms with van der Waals surface area (Å²) in [5, 5.41) is 4.23. The first-order valence-corrected chi connectivity index (χ1v) is 7.12. The summed E-state index contributed by atoms with van der Waals surface area (Å²) in [6.07, 6.45) is 1.15. The van der Waals surface area contributed by atoms with Gasteiger partial charge in [-0.2, -0.15) is 0 Å². The standard InChI is InChI=1S/C15H25ClN2/c1-5-8-17-10-13-6-7-14(9-15(13)16)18(4)11-12(2)3/h6-7,9,12,17H,5,8,10-11H2,1-4H3. The van der Waals surface area contributed by atoms with Gasteiger partial charge in [-0.3, -0.25) is 0 Å². The van der Waals surface area contributed by atoms with Gasteiger partial charge in [-0.15, -0.1) is 0 Å². The molecule has 0 heterocycles. The molecular weight excluding hydrogens is 244 g/mol. The van der Waals surface area contributed by atoms with E-state index in [0.717, 1.165) is 31.1 Å². The van der Waals surface area contributed by atoms with Gasteiger partial charge in [0.15, 0.2) is 0 Å². The number of halogens is 1. The van der Waals surface area contributed by atoms with Crippen LogP contribution in [0.15, 0.2) is 18.2 Å². The number of nitrogens with zero attached hydrogens (tertiary/aromatic N) is 1. The van der Waals surface area contributed by atoms with E-state index in [9.17, 15) is 0 Å². The number of anilines is 1. The third kappa shape index (κ3) is 4.87. The lowest BCUT2D eigenvalue weighted by atomic mass is 10.1. The molecule has 1 rings (SSSR count). The summed E-state index contributed by atoms with van der Waals surface area (Å²) in [4.78, 5) is 2.25. The topological polar surface area (TPSA) is 15.3 Å². The first-order valence-electron chi connectivity index (χ1n) is 6.74. The van der Waals surface area contributed by atoms with Gasteiger partial charge >= 0.3 is 0 Å². The molecule has 0 saturated carbocycles. The first kappa shape index (κ1) is 15.3. The molecule has 0 amide bonds. The number of hydrogen-bond acceptors (Lipinski definition) is 2. The van der Waals surface area contributed by atoms with Gasteiger partial charge in [0.05, 0.1) is 0 Å². The zero-order chi connectivity index (χ0) is 13.5. The summed E-state index contributed by atoms with van der Waals surface area (Å²) in [5.74, 6) is 0.652. The maximum absolute atomic E-state index is 6.32. The first-order chi connectivity index (χ1) is 8.54. The molecule has 0 aliphatic rings. The van der Waals surface area contributed by atoms with Crippen LogP contribution >= 0.6 is 11.6 Å². The Kier molecular flexibility index (Phi) is 6.51. The Morgan fingerprint density at radius 3 is 2.61 bits per heavy atom. The van der Waals surface area contributed by atoms with Crippen molar-refractivity contribution in [3.63, 3.8) is 0 Å².